The Hall–Kier alpha value is -1.75. The lowest BCUT2D eigenvalue weighted by atomic mass is 10.1. The summed E-state index contributed by atoms with van der Waals surface area (Å²) in [5, 5.41) is 2.82. The maximum atomic E-state index is 11.9. The minimum absolute atomic E-state index is 0.0527. The zero-order chi connectivity index (χ0) is 15.8. The van der Waals surface area contributed by atoms with E-state index in [2.05, 4.69) is 36.1 Å². The number of carbonyl (C=O) groups excluding carboxylic acids is 1. The number of anilines is 2. The highest BCUT2D eigenvalue weighted by atomic mass is 16.1. The van der Waals surface area contributed by atoms with Crippen LogP contribution in [-0.2, 0) is 0 Å². The molecule has 0 saturated heterocycles. The van der Waals surface area contributed by atoms with E-state index in [1.165, 1.54) is 0 Å². The third kappa shape index (κ3) is 5.27. The first-order chi connectivity index (χ1) is 9.99. The normalized spacial score (nSPS) is 10.7. The second kappa shape index (κ2) is 8.52. The lowest BCUT2D eigenvalue weighted by molar-refractivity contribution is 0.0956. The van der Waals surface area contributed by atoms with Crippen molar-refractivity contribution in [3.8, 4) is 0 Å². The van der Waals surface area contributed by atoms with Gasteiger partial charge in [-0.05, 0) is 59.1 Å². The summed E-state index contributed by atoms with van der Waals surface area (Å²) in [6.45, 7) is 7.48. The number of nitrogens with two attached hydrogens (primary N) is 1. The fourth-order valence-electron chi connectivity index (χ4n) is 2.25. The average Bonchev–Trinajstić information content (AvgIpc) is 2.44. The van der Waals surface area contributed by atoms with Crippen molar-refractivity contribution in [1.29, 1.82) is 0 Å². The summed E-state index contributed by atoms with van der Waals surface area (Å²) in [6.07, 6.45) is 1.06. The van der Waals surface area contributed by atoms with Crippen LogP contribution in [0.25, 0.3) is 0 Å². The molecule has 1 aromatic carbocycles. The minimum Gasteiger partial charge on any atom is -0.397 e. The second-order valence-electron chi connectivity index (χ2n) is 5.37. The van der Waals surface area contributed by atoms with Crippen LogP contribution in [0.4, 0.5) is 11.4 Å². The van der Waals surface area contributed by atoms with Gasteiger partial charge in [0.1, 0.15) is 0 Å². The predicted molar refractivity (Wildman–Crippen MR) is 89.9 cm³/mol. The molecule has 21 heavy (non-hydrogen) atoms. The molecule has 1 amide bonds. The van der Waals surface area contributed by atoms with Gasteiger partial charge in [0.2, 0.25) is 0 Å². The lowest BCUT2D eigenvalue weighted by Gasteiger charge is -2.26. The Labute approximate surface area is 128 Å². The van der Waals surface area contributed by atoms with E-state index in [1.807, 2.05) is 19.1 Å². The molecular formula is C16H28N4O. The van der Waals surface area contributed by atoms with Gasteiger partial charge in [-0.2, -0.15) is 0 Å². The summed E-state index contributed by atoms with van der Waals surface area (Å²) >= 11 is 0. The molecule has 0 atom stereocenters. The molecular weight excluding hydrogens is 264 g/mol. The van der Waals surface area contributed by atoms with E-state index in [4.69, 9.17) is 5.73 Å². The molecule has 0 spiro atoms. The highest BCUT2D eigenvalue weighted by Gasteiger charge is 2.12. The highest BCUT2D eigenvalue weighted by molar-refractivity contribution is 5.96. The minimum atomic E-state index is -0.0527. The van der Waals surface area contributed by atoms with E-state index in [1.54, 1.807) is 6.07 Å². The van der Waals surface area contributed by atoms with Gasteiger partial charge in [-0.3, -0.25) is 4.79 Å². The maximum Gasteiger partial charge on any atom is 0.251 e. The fourth-order valence-corrected chi connectivity index (χ4v) is 2.25. The SMILES string of the molecule is CCNC(=O)c1ccc(N)c(N(CC)CCCN(C)C)c1. The predicted octanol–water partition coefficient (Wildman–Crippen LogP) is 1.80. The monoisotopic (exact) mass is 292 g/mol. The van der Waals surface area contributed by atoms with E-state index in [0.29, 0.717) is 12.1 Å². The standard InChI is InChI=1S/C16H28N4O/c1-5-18-16(21)13-8-9-14(17)15(12-13)20(6-2)11-7-10-19(3)4/h8-9,12H,5-7,10-11,17H2,1-4H3,(H,18,21). The van der Waals surface area contributed by atoms with Crippen LogP contribution in [0.2, 0.25) is 0 Å². The Balaban J connectivity index is 2.87. The topological polar surface area (TPSA) is 61.6 Å². The molecule has 0 saturated carbocycles. The summed E-state index contributed by atoms with van der Waals surface area (Å²) in [4.78, 5) is 16.3. The smallest absolute Gasteiger partial charge is 0.251 e. The molecule has 0 heterocycles. The Kier molecular flexibility index (Phi) is 7.02. The number of nitrogens with one attached hydrogen (secondary N) is 1. The molecule has 1 rings (SSSR count). The number of rotatable bonds is 8. The van der Waals surface area contributed by atoms with Crippen molar-refractivity contribution < 1.29 is 4.79 Å². The van der Waals surface area contributed by atoms with Crippen molar-refractivity contribution in [1.82, 2.24) is 10.2 Å². The van der Waals surface area contributed by atoms with Crippen LogP contribution in [0.1, 0.15) is 30.6 Å². The van der Waals surface area contributed by atoms with E-state index in [9.17, 15) is 4.79 Å². The molecule has 0 aliphatic rings. The van der Waals surface area contributed by atoms with Gasteiger partial charge < -0.3 is 20.9 Å². The molecule has 5 nitrogen and oxygen atoms in total. The number of carbonyl (C=O) groups is 1. The quantitative estimate of drug-likeness (QED) is 0.717. The van der Waals surface area contributed by atoms with Crippen molar-refractivity contribution in [2.45, 2.75) is 20.3 Å². The first-order valence-corrected chi connectivity index (χ1v) is 7.57. The molecule has 3 N–H and O–H groups in total. The van der Waals surface area contributed by atoms with Gasteiger partial charge in [0, 0.05) is 25.2 Å². The van der Waals surface area contributed by atoms with Gasteiger partial charge in [-0.15, -0.1) is 0 Å². The Morgan fingerprint density at radius 1 is 1.24 bits per heavy atom. The van der Waals surface area contributed by atoms with E-state index in [0.717, 1.165) is 37.4 Å². The summed E-state index contributed by atoms with van der Waals surface area (Å²) in [5.74, 6) is -0.0527. The number of nitrogens with zero attached hydrogens (tertiary/aromatic N) is 2. The molecule has 0 aromatic heterocycles. The Bertz CT molecular complexity index is 460. The van der Waals surface area contributed by atoms with Crippen LogP contribution in [-0.4, -0.2) is 51.1 Å². The van der Waals surface area contributed by atoms with Crippen LogP contribution in [0.5, 0.6) is 0 Å². The fraction of sp³-hybridized carbons (Fsp3) is 0.562. The number of hydrogen-bond acceptors (Lipinski definition) is 4. The third-order valence-corrected chi connectivity index (χ3v) is 3.39. The summed E-state index contributed by atoms with van der Waals surface area (Å²) in [7, 11) is 4.14. The van der Waals surface area contributed by atoms with Crippen molar-refractivity contribution in [3.05, 3.63) is 23.8 Å². The molecule has 0 aliphatic heterocycles. The third-order valence-electron chi connectivity index (χ3n) is 3.39. The number of benzene rings is 1. The molecule has 0 bridgehead atoms. The first kappa shape index (κ1) is 17.3. The number of amides is 1. The summed E-state index contributed by atoms with van der Waals surface area (Å²) in [6, 6.07) is 5.48. The van der Waals surface area contributed by atoms with Crippen molar-refractivity contribution in [2.24, 2.45) is 0 Å². The van der Waals surface area contributed by atoms with Crippen molar-refractivity contribution in [2.75, 3.05) is 50.9 Å². The van der Waals surface area contributed by atoms with Gasteiger partial charge >= 0.3 is 0 Å². The zero-order valence-corrected chi connectivity index (χ0v) is 13.6. The molecule has 0 aliphatic carbocycles. The highest BCUT2D eigenvalue weighted by Crippen LogP contribution is 2.24. The van der Waals surface area contributed by atoms with Crippen LogP contribution >= 0.6 is 0 Å². The summed E-state index contributed by atoms with van der Waals surface area (Å²) < 4.78 is 0. The average molecular weight is 292 g/mol. The Morgan fingerprint density at radius 2 is 1.95 bits per heavy atom. The van der Waals surface area contributed by atoms with E-state index >= 15 is 0 Å². The van der Waals surface area contributed by atoms with Crippen LogP contribution in [0.3, 0.4) is 0 Å². The van der Waals surface area contributed by atoms with Gasteiger partial charge in [0.05, 0.1) is 11.4 Å². The van der Waals surface area contributed by atoms with Crippen LogP contribution in [0.15, 0.2) is 18.2 Å². The molecule has 0 fully saturated rings. The van der Waals surface area contributed by atoms with Gasteiger partial charge in [-0.1, -0.05) is 0 Å². The Morgan fingerprint density at radius 3 is 2.52 bits per heavy atom. The van der Waals surface area contributed by atoms with Gasteiger partial charge in [0.15, 0.2) is 0 Å². The lowest BCUT2D eigenvalue weighted by Crippen LogP contribution is -2.28. The largest absolute Gasteiger partial charge is 0.397 e. The van der Waals surface area contributed by atoms with Crippen molar-refractivity contribution in [3.63, 3.8) is 0 Å². The van der Waals surface area contributed by atoms with Crippen LogP contribution < -0.4 is 16.0 Å². The van der Waals surface area contributed by atoms with Gasteiger partial charge in [0.25, 0.3) is 5.91 Å². The number of hydrogen-bond donors (Lipinski definition) is 2. The zero-order valence-electron chi connectivity index (χ0n) is 13.6. The van der Waals surface area contributed by atoms with E-state index < -0.39 is 0 Å². The molecule has 5 heteroatoms. The summed E-state index contributed by atoms with van der Waals surface area (Å²) in [5.41, 5.74) is 8.41. The van der Waals surface area contributed by atoms with Gasteiger partial charge in [-0.25, -0.2) is 0 Å². The van der Waals surface area contributed by atoms with E-state index in [-0.39, 0.29) is 5.91 Å². The molecule has 0 radical (unpaired) electrons. The molecule has 0 unspecified atom stereocenters. The second-order valence-corrected chi connectivity index (χ2v) is 5.37. The molecule has 1 aromatic rings. The molecule has 118 valence electrons. The number of nitrogen functional groups attached to an aromatic ring is 1. The first-order valence-electron chi connectivity index (χ1n) is 7.57. The van der Waals surface area contributed by atoms with Crippen molar-refractivity contribution >= 4 is 17.3 Å². The van der Waals surface area contributed by atoms with Crippen LogP contribution in [0, 0.1) is 0 Å². The maximum absolute atomic E-state index is 11.9.